The minimum absolute atomic E-state index is 0.0784. The van der Waals surface area contributed by atoms with E-state index in [-0.39, 0.29) is 37.4 Å². The number of esters is 4. The average Bonchev–Trinajstić information content (AvgIpc) is 2.83. The zero-order chi connectivity index (χ0) is 28.7. The van der Waals surface area contributed by atoms with Crippen molar-refractivity contribution in [2.45, 2.75) is 111 Å². The highest BCUT2D eigenvalue weighted by atomic mass is 16.6. The third kappa shape index (κ3) is 13.0. The summed E-state index contributed by atoms with van der Waals surface area (Å²) >= 11 is 0. The molecule has 0 fully saturated rings. The summed E-state index contributed by atoms with van der Waals surface area (Å²) in [7, 11) is 0. The second kappa shape index (κ2) is 16.8. The lowest BCUT2D eigenvalue weighted by molar-refractivity contribution is -0.163. The predicted molar refractivity (Wildman–Crippen MR) is 144 cm³/mol. The Morgan fingerprint density at radius 2 is 1.42 bits per heavy atom. The SMILES string of the molecule is CCCCCC(=O)Oc1ccc(C[C@H](N)C(=O)O[C@@H](C)COC(=O)C(C)(C)C)cc1OC(=O)CCCCC. The molecule has 9 heteroatoms. The van der Waals surface area contributed by atoms with Crippen LogP contribution >= 0.6 is 0 Å². The third-order valence-electron chi connectivity index (χ3n) is 5.56. The molecule has 0 aliphatic rings. The number of nitrogens with two attached hydrogens (primary N) is 1. The molecular weight excluding hydrogens is 490 g/mol. The van der Waals surface area contributed by atoms with E-state index < -0.39 is 41.4 Å². The largest absolute Gasteiger partial charge is 0.461 e. The van der Waals surface area contributed by atoms with Crippen LogP contribution in [-0.4, -0.2) is 42.6 Å². The van der Waals surface area contributed by atoms with Crippen LogP contribution in [0, 0.1) is 5.41 Å². The van der Waals surface area contributed by atoms with E-state index >= 15 is 0 Å². The molecule has 0 aromatic heterocycles. The van der Waals surface area contributed by atoms with Gasteiger partial charge in [0.1, 0.15) is 18.8 Å². The number of rotatable bonds is 16. The molecule has 1 rings (SSSR count). The molecule has 214 valence electrons. The molecule has 38 heavy (non-hydrogen) atoms. The minimum atomic E-state index is -1.01. The Labute approximate surface area is 226 Å². The monoisotopic (exact) mass is 535 g/mol. The Bertz CT molecular complexity index is 922. The predicted octanol–water partition coefficient (Wildman–Crippen LogP) is 5.05. The molecule has 2 atom stereocenters. The lowest BCUT2D eigenvalue weighted by Crippen LogP contribution is -2.37. The number of carbonyl (C=O) groups is 4. The van der Waals surface area contributed by atoms with Gasteiger partial charge < -0.3 is 24.7 Å². The molecule has 0 amide bonds. The number of carbonyl (C=O) groups excluding carboxylic acids is 4. The molecule has 0 heterocycles. The molecule has 0 saturated heterocycles. The Morgan fingerprint density at radius 1 is 0.868 bits per heavy atom. The van der Waals surface area contributed by atoms with Crippen molar-refractivity contribution in [1.82, 2.24) is 0 Å². The fourth-order valence-corrected chi connectivity index (χ4v) is 3.30. The van der Waals surface area contributed by atoms with E-state index in [0.717, 1.165) is 25.7 Å². The van der Waals surface area contributed by atoms with Gasteiger partial charge in [-0.05, 0) is 64.7 Å². The van der Waals surface area contributed by atoms with Crippen molar-refractivity contribution < 1.29 is 38.1 Å². The first-order chi connectivity index (χ1) is 17.9. The Kier molecular flexibility index (Phi) is 14.6. The highest BCUT2D eigenvalue weighted by Gasteiger charge is 2.25. The van der Waals surface area contributed by atoms with Crippen molar-refractivity contribution in [1.29, 1.82) is 0 Å². The van der Waals surface area contributed by atoms with Gasteiger partial charge in [0.05, 0.1) is 5.41 Å². The van der Waals surface area contributed by atoms with Gasteiger partial charge in [-0.25, -0.2) is 0 Å². The Balaban J connectivity index is 2.86. The average molecular weight is 536 g/mol. The number of hydrogen-bond donors (Lipinski definition) is 1. The Morgan fingerprint density at radius 3 is 1.95 bits per heavy atom. The van der Waals surface area contributed by atoms with Crippen molar-refractivity contribution in [2.24, 2.45) is 11.1 Å². The van der Waals surface area contributed by atoms with Crippen LogP contribution in [0.15, 0.2) is 18.2 Å². The summed E-state index contributed by atoms with van der Waals surface area (Å²) in [6.07, 6.45) is 5.10. The second-order valence-electron chi connectivity index (χ2n) is 10.6. The highest BCUT2D eigenvalue weighted by molar-refractivity contribution is 5.78. The minimum Gasteiger partial charge on any atom is -0.461 e. The van der Waals surface area contributed by atoms with Crippen LogP contribution in [0.5, 0.6) is 11.5 Å². The third-order valence-corrected chi connectivity index (χ3v) is 5.56. The number of benzene rings is 1. The lowest BCUT2D eigenvalue weighted by Gasteiger charge is -2.20. The first-order valence-corrected chi connectivity index (χ1v) is 13.5. The van der Waals surface area contributed by atoms with Gasteiger partial charge in [0, 0.05) is 12.8 Å². The first kappa shape index (κ1) is 33.1. The van der Waals surface area contributed by atoms with Crippen LogP contribution in [-0.2, 0) is 35.1 Å². The molecule has 0 radical (unpaired) electrons. The normalized spacial score (nSPS) is 12.8. The lowest BCUT2D eigenvalue weighted by atomic mass is 9.97. The summed E-state index contributed by atoms with van der Waals surface area (Å²) in [5, 5.41) is 0. The van der Waals surface area contributed by atoms with E-state index in [4.69, 9.17) is 24.7 Å². The van der Waals surface area contributed by atoms with E-state index in [0.29, 0.717) is 18.4 Å². The summed E-state index contributed by atoms with van der Waals surface area (Å²) in [4.78, 5) is 49.1. The van der Waals surface area contributed by atoms with Crippen LogP contribution in [0.25, 0.3) is 0 Å². The molecule has 0 unspecified atom stereocenters. The number of hydrogen-bond acceptors (Lipinski definition) is 9. The number of ether oxygens (including phenoxy) is 4. The Hall–Kier alpha value is -2.94. The molecule has 9 nitrogen and oxygen atoms in total. The molecule has 0 saturated carbocycles. The fraction of sp³-hybridized carbons (Fsp3) is 0.655. The van der Waals surface area contributed by atoms with Crippen LogP contribution in [0.3, 0.4) is 0 Å². The van der Waals surface area contributed by atoms with Crippen molar-refractivity contribution in [3.05, 3.63) is 23.8 Å². The van der Waals surface area contributed by atoms with Gasteiger partial charge in [-0.2, -0.15) is 0 Å². The van der Waals surface area contributed by atoms with Crippen LogP contribution in [0.1, 0.15) is 98.5 Å². The number of unbranched alkanes of at least 4 members (excludes halogenated alkanes) is 4. The molecule has 1 aromatic rings. The van der Waals surface area contributed by atoms with Gasteiger partial charge in [0.2, 0.25) is 0 Å². The van der Waals surface area contributed by atoms with E-state index in [1.165, 1.54) is 6.07 Å². The zero-order valence-corrected chi connectivity index (χ0v) is 23.8. The van der Waals surface area contributed by atoms with Crippen molar-refractivity contribution in [2.75, 3.05) is 6.61 Å². The van der Waals surface area contributed by atoms with Gasteiger partial charge in [-0.3, -0.25) is 19.2 Å². The van der Waals surface area contributed by atoms with Crippen molar-refractivity contribution in [3.8, 4) is 11.5 Å². The standard InChI is InChI=1S/C29H45NO8/c1-7-9-11-13-25(31)37-23-16-15-21(18-24(23)38-26(32)14-12-10-8-2)17-22(30)27(33)36-20(3)19-35-28(34)29(4,5)6/h15-16,18,20,22H,7-14,17,19,30H2,1-6H3/t20-,22-/m0/s1. The molecule has 0 spiro atoms. The highest BCUT2D eigenvalue weighted by Crippen LogP contribution is 2.30. The van der Waals surface area contributed by atoms with E-state index in [1.54, 1.807) is 39.8 Å². The summed E-state index contributed by atoms with van der Waals surface area (Å²) in [6, 6.07) is 3.74. The zero-order valence-electron chi connectivity index (χ0n) is 23.8. The molecule has 0 aliphatic carbocycles. The maximum Gasteiger partial charge on any atom is 0.323 e. The smallest absolute Gasteiger partial charge is 0.323 e. The quantitative estimate of drug-likeness (QED) is 0.175. The van der Waals surface area contributed by atoms with E-state index in [1.807, 2.05) is 13.8 Å². The topological polar surface area (TPSA) is 131 Å². The van der Waals surface area contributed by atoms with Gasteiger partial charge in [-0.15, -0.1) is 0 Å². The van der Waals surface area contributed by atoms with Gasteiger partial charge in [0.25, 0.3) is 0 Å². The molecule has 0 aliphatic heterocycles. The summed E-state index contributed by atoms with van der Waals surface area (Å²) in [5.41, 5.74) is 6.01. The summed E-state index contributed by atoms with van der Waals surface area (Å²) in [5.74, 6) is -1.64. The van der Waals surface area contributed by atoms with E-state index in [9.17, 15) is 19.2 Å². The molecular formula is C29H45NO8. The molecule has 1 aromatic carbocycles. The van der Waals surface area contributed by atoms with Gasteiger partial charge in [0.15, 0.2) is 11.5 Å². The maximum atomic E-state index is 12.5. The molecule has 0 bridgehead atoms. The fourth-order valence-electron chi connectivity index (χ4n) is 3.30. The van der Waals surface area contributed by atoms with Crippen LogP contribution in [0.4, 0.5) is 0 Å². The summed E-state index contributed by atoms with van der Waals surface area (Å²) in [6.45, 7) is 10.8. The molecule has 2 N–H and O–H groups in total. The van der Waals surface area contributed by atoms with Crippen LogP contribution < -0.4 is 15.2 Å². The van der Waals surface area contributed by atoms with Gasteiger partial charge in [-0.1, -0.05) is 45.6 Å². The van der Waals surface area contributed by atoms with Gasteiger partial charge >= 0.3 is 23.9 Å². The second-order valence-corrected chi connectivity index (χ2v) is 10.6. The van der Waals surface area contributed by atoms with Crippen molar-refractivity contribution in [3.63, 3.8) is 0 Å². The van der Waals surface area contributed by atoms with Crippen molar-refractivity contribution >= 4 is 23.9 Å². The first-order valence-electron chi connectivity index (χ1n) is 13.5. The maximum absolute atomic E-state index is 12.5. The van der Waals surface area contributed by atoms with Crippen LogP contribution in [0.2, 0.25) is 0 Å². The van der Waals surface area contributed by atoms with E-state index in [2.05, 4.69) is 0 Å². The summed E-state index contributed by atoms with van der Waals surface area (Å²) < 4.78 is 21.5.